The molecule has 0 aliphatic heterocycles. The van der Waals surface area contributed by atoms with Gasteiger partial charge in [0, 0.05) is 16.7 Å². The van der Waals surface area contributed by atoms with Gasteiger partial charge in [0.1, 0.15) is 0 Å². The van der Waals surface area contributed by atoms with Crippen LogP contribution in [0.4, 0.5) is 5.69 Å². The third-order valence-corrected chi connectivity index (χ3v) is 3.88. The van der Waals surface area contributed by atoms with Gasteiger partial charge in [0.05, 0.1) is 11.6 Å². The number of hydrogen-bond donors (Lipinski definition) is 1. The lowest BCUT2D eigenvalue weighted by Crippen LogP contribution is -2.00. The molecule has 0 aromatic heterocycles. The maximum absolute atomic E-state index is 8.84. The smallest absolute Gasteiger partial charge is 0.0992 e. The van der Waals surface area contributed by atoms with Gasteiger partial charge >= 0.3 is 0 Å². The summed E-state index contributed by atoms with van der Waals surface area (Å²) in [6, 6.07) is 16.3. The normalized spacial score (nSPS) is 10.3. The molecule has 1 N–H and O–H groups in total. The third-order valence-electron chi connectivity index (χ3n) is 3.23. The Kier molecular flexibility index (Phi) is 4.81. The van der Waals surface area contributed by atoms with E-state index in [4.69, 9.17) is 5.26 Å². The molecule has 0 bridgehead atoms. The van der Waals surface area contributed by atoms with Gasteiger partial charge in [-0.05, 0) is 51.2 Å². The number of anilines is 1. The molecule has 2 aromatic rings. The van der Waals surface area contributed by atoms with Gasteiger partial charge in [-0.15, -0.1) is 0 Å². The van der Waals surface area contributed by atoms with Crippen molar-refractivity contribution in [3.05, 3.63) is 63.6 Å². The minimum atomic E-state index is 0.560. The summed E-state index contributed by atoms with van der Waals surface area (Å²) >= 11 is 3.48. The summed E-state index contributed by atoms with van der Waals surface area (Å²) in [5.74, 6) is 0.560. The van der Waals surface area contributed by atoms with E-state index in [-0.39, 0.29) is 0 Å². The molecule has 0 radical (unpaired) electrons. The maximum atomic E-state index is 8.84. The van der Waals surface area contributed by atoms with E-state index >= 15 is 0 Å². The second-order valence-electron chi connectivity index (χ2n) is 5.06. The molecule has 0 spiro atoms. The van der Waals surface area contributed by atoms with Crippen molar-refractivity contribution in [2.45, 2.75) is 26.3 Å². The number of rotatable bonds is 4. The van der Waals surface area contributed by atoms with Crippen LogP contribution in [0.1, 0.15) is 36.5 Å². The Bertz CT molecular complexity index is 624. The number of halogens is 1. The zero-order chi connectivity index (χ0) is 14.5. The van der Waals surface area contributed by atoms with Crippen molar-refractivity contribution >= 4 is 21.6 Å². The second-order valence-corrected chi connectivity index (χ2v) is 5.91. The Labute approximate surface area is 128 Å². The minimum Gasteiger partial charge on any atom is -0.380 e. The van der Waals surface area contributed by atoms with Crippen LogP contribution in [0.15, 0.2) is 46.9 Å². The number of nitrogens with one attached hydrogen (secondary N) is 1. The Balaban J connectivity index is 2.03. The number of benzene rings is 2. The first-order valence-electron chi connectivity index (χ1n) is 6.62. The molecular weight excluding hydrogens is 312 g/mol. The fraction of sp³-hybridized carbons (Fsp3) is 0.235. The maximum Gasteiger partial charge on any atom is 0.0992 e. The highest BCUT2D eigenvalue weighted by Gasteiger charge is 2.02. The number of hydrogen-bond acceptors (Lipinski definition) is 2. The van der Waals surface area contributed by atoms with Gasteiger partial charge < -0.3 is 5.32 Å². The van der Waals surface area contributed by atoms with Crippen LogP contribution in [0.2, 0.25) is 0 Å². The summed E-state index contributed by atoms with van der Waals surface area (Å²) in [5.41, 5.74) is 4.25. The average molecular weight is 329 g/mol. The van der Waals surface area contributed by atoms with Gasteiger partial charge in [-0.2, -0.15) is 5.26 Å². The van der Waals surface area contributed by atoms with Crippen LogP contribution in [0.25, 0.3) is 0 Å². The Hall–Kier alpha value is -1.79. The van der Waals surface area contributed by atoms with E-state index in [1.165, 1.54) is 11.1 Å². The van der Waals surface area contributed by atoms with Crippen LogP contribution in [0, 0.1) is 11.3 Å². The van der Waals surface area contributed by atoms with Crippen LogP contribution >= 0.6 is 15.9 Å². The zero-order valence-electron chi connectivity index (χ0n) is 11.7. The van der Waals surface area contributed by atoms with Gasteiger partial charge in [-0.3, -0.25) is 0 Å². The van der Waals surface area contributed by atoms with Crippen LogP contribution in [0.3, 0.4) is 0 Å². The van der Waals surface area contributed by atoms with Gasteiger partial charge in [-0.1, -0.05) is 38.1 Å². The molecular formula is C17H17BrN2. The van der Waals surface area contributed by atoms with E-state index in [2.05, 4.69) is 65.4 Å². The first kappa shape index (κ1) is 14.6. The molecule has 0 unspecified atom stereocenters. The quantitative estimate of drug-likeness (QED) is 0.851. The van der Waals surface area contributed by atoms with Crippen molar-refractivity contribution in [2.75, 3.05) is 5.32 Å². The molecule has 0 saturated heterocycles. The molecule has 2 nitrogen and oxygen atoms in total. The first-order chi connectivity index (χ1) is 9.60. The zero-order valence-corrected chi connectivity index (χ0v) is 13.2. The van der Waals surface area contributed by atoms with E-state index in [1.807, 2.05) is 18.2 Å². The predicted octanol–water partition coefficient (Wildman–Crippen LogP) is 5.06. The molecule has 3 heteroatoms. The highest BCUT2D eigenvalue weighted by molar-refractivity contribution is 9.10. The fourth-order valence-electron chi connectivity index (χ4n) is 1.95. The molecule has 0 atom stereocenters. The lowest BCUT2D eigenvalue weighted by Gasteiger charge is -2.10. The van der Waals surface area contributed by atoms with Gasteiger partial charge in [0.15, 0.2) is 0 Å². The summed E-state index contributed by atoms with van der Waals surface area (Å²) < 4.78 is 0.912. The summed E-state index contributed by atoms with van der Waals surface area (Å²) in [6.45, 7) is 5.16. The van der Waals surface area contributed by atoms with Crippen molar-refractivity contribution in [3.63, 3.8) is 0 Å². The SMILES string of the molecule is CC(C)c1ccc(CNc2ccc(C#N)cc2Br)cc1. The topological polar surface area (TPSA) is 35.8 Å². The third kappa shape index (κ3) is 3.61. The number of nitrogens with zero attached hydrogens (tertiary/aromatic N) is 1. The van der Waals surface area contributed by atoms with Crippen molar-refractivity contribution < 1.29 is 0 Å². The Morgan fingerprint density at radius 3 is 2.40 bits per heavy atom. The first-order valence-corrected chi connectivity index (χ1v) is 7.42. The average Bonchev–Trinajstić information content (AvgIpc) is 2.46. The van der Waals surface area contributed by atoms with E-state index < -0.39 is 0 Å². The van der Waals surface area contributed by atoms with Crippen LogP contribution < -0.4 is 5.32 Å². The van der Waals surface area contributed by atoms with Gasteiger partial charge in [-0.25, -0.2) is 0 Å². The fourth-order valence-corrected chi connectivity index (χ4v) is 2.46. The lowest BCUT2D eigenvalue weighted by atomic mass is 10.0. The summed E-state index contributed by atoms with van der Waals surface area (Å²) in [6.07, 6.45) is 0. The molecule has 102 valence electrons. The van der Waals surface area contributed by atoms with Gasteiger partial charge in [0.25, 0.3) is 0 Å². The highest BCUT2D eigenvalue weighted by atomic mass is 79.9. The highest BCUT2D eigenvalue weighted by Crippen LogP contribution is 2.24. The molecule has 0 aliphatic rings. The van der Waals surface area contributed by atoms with Crippen molar-refractivity contribution in [3.8, 4) is 6.07 Å². The second kappa shape index (κ2) is 6.58. The van der Waals surface area contributed by atoms with Crippen LogP contribution in [-0.2, 0) is 6.54 Å². The van der Waals surface area contributed by atoms with Crippen LogP contribution in [0.5, 0.6) is 0 Å². The largest absolute Gasteiger partial charge is 0.380 e. The van der Waals surface area contributed by atoms with E-state index in [9.17, 15) is 0 Å². The molecule has 0 heterocycles. The molecule has 0 amide bonds. The summed E-state index contributed by atoms with van der Waals surface area (Å²) in [7, 11) is 0. The summed E-state index contributed by atoms with van der Waals surface area (Å²) in [4.78, 5) is 0. The number of nitriles is 1. The predicted molar refractivity (Wildman–Crippen MR) is 86.7 cm³/mol. The molecule has 20 heavy (non-hydrogen) atoms. The van der Waals surface area contributed by atoms with E-state index in [0.717, 1.165) is 16.7 Å². The van der Waals surface area contributed by atoms with Gasteiger partial charge in [0.2, 0.25) is 0 Å². The monoisotopic (exact) mass is 328 g/mol. The van der Waals surface area contributed by atoms with Crippen molar-refractivity contribution in [1.82, 2.24) is 0 Å². The van der Waals surface area contributed by atoms with E-state index in [1.54, 1.807) is 0 Å². The molecule has 2 rings (SSSR count). The van der Waals surface area contributed by atoms with Crippen LogP contribution in [-0.4, -0.2) is 0 Å². The van der Waals surface area contributed by atoms with E-state index in [0.29, 0.717) is 11.5 Å². The molecule has 0 saturated carbocycles. The standard InChI is InChI=1S/C17H17BrN2/c1-12(2)15-6-3-13(4-7-15)11-20-17-8-5-14(10-19)9-16(17)18/h3-9,12,20H,11H2,1-2H3. The van der Waals surface area contributed by atoms with Crippen molar-refractivity contribution in [2.24, 2.45) is 0 Å². The Morgan fingerprint density at radius 2 is 1.85 bits per heavy atom. The summed E-state index contributed by atoms with van der Waals surface area (Å²) in [5, 5.41) is 12.2. The van der Waals surface area contributed by atoms with Crippen molar-refractivity contribution in [1.29, 1.82) is 5.26 Å². The lowest BCUT2D eigenvalue weighted by molar-refractivity contribution is 0.865. The molecule has 0 aliphatic carbocycles. The molecule has 0 fully saturated rings. The molecule has 2 aromatic carbocycles. The minimum absolute atomic E-state index is 0.560. The Morgan fingerprint density at radius 1 is 1.15 bits per heavy atom.